The van der Waals surface area contributed by atoms with Crippen molar-refractivity contribution in [3.63, 3.8) is 0 Å². The molecule has 0 heterocycles. The highest BCUT2D eigenvalue weighted by molar-refractivity contribution is 5.99. The number of para-hydroxylation sites is 1. The Morgan fingerprint density at radius 3 is 2.41 bits per heavy atom. The predicted octanol–water partition coefficient (Wildman–Crippen LogP) is 4.83. The summed E-state index contributed by atoms with van der Waals surface area (Å²) in [5.74, 6) is 0.552. The van der Waals surface area contributed by atoms with Gasteiger partial charge in [0, 0.05) is 5.56 Å². The molecule has 0 bridgehead atoms. The van der Waals surface area contributed by atoms with Crippen LogP contribution in [0.3, 0.4) is 0 Å². The van der Waals surface area contributed by atoms with Crippen LogP contribution in [0.1, 0.15) is 30.9 Å². The Morgan fingerprint density at radius 1 is 0.909 bits per heavy atom. The molecule has 112 valence electrons. The van der Waals surface area contributed by atoms with Gasteiger partial charge in [0.05, 0.1) is 6.61 Å². The van der Waals surface area contributed by atoms with Crippen molar-refractivity contribution >= 4 is 10.8 Å². The molecule has 3 aromatic carbocycles. The van der Waals surface area contributed by atoms with Gasteiger partial charge in [0.25, 0.3) is 0 Å². The maximum Gasteiger partial charge on any atom is 0.126 e. The van der Waals surface area contributed by atoms with Gasteiger partial charge in [-0.2, -0.15) is 0 Å². The van der Waals surface area contributed by atoms with Gasteiger partial charge in [-0.3, -0.25) is 0 Å². The lowest BCUT2D eigenvalue weighted by Crippen LogP contribution is -1.95. The van der Waals surface area contributed by atoms with Crippen molar-refractivity contribution in [2.75, 3.05) is 0 Å². The third-order valence-corrected chi connectivity index (χ3v) is 4.14. The summed E-state index contributed by atoms with van der Waals surface area (Å²) in [5, 5.41) is 22.6. The maximum atomic E-state index is 10.7. The fraction of sp³-hybridized carbons (Fsp3) is 0.200. The van der Waals surface area contributed by atoms with E-state index in [0.29, 0.717) is 5.75 Å². The third-order valence-electron chi connectivity index (χ3n) is 4.14. The first kappa shape index (κ1) is 14.6. The van der Waals surface area contributed by atoms with Crippen LogP contribution in [-0.2, 0) is 6.61 Å². The van der Waals surface area contributed by atoms with Crippen molar-refractivity contribution in [1.29, 1.82) is 0 Å². The lowest BCUT2D eigenvalue weighted by Gasteiger charge is -2.16. The number of rotatable bonds is 3. The Bertz CT molecular complexity index is 819. The Hall–Kier alpha value is -2.32. The number of aromatic hydroxyl groups is 1. The minimum Gasteiger partial charge on any atom is -0.507 e. The van der Waals surface area contributed by atoms with Crippen LogP contribution < -0.4 is 0 Å². The summed E-state index contributed by atoms with van der Waals surface area (Å²) in [6, 6.07) is 17.8. The van der Waals surface area contributed by atoms with Gasteiger partial charge in [-0.15, -0.1) is 0 Å². The fourth-order valence-corrected chi connectivity index (χ4v) is 3.00. The van der Waals surface area contributed by atoms with Gasteiger partial charge in [0.1, 0.15) is 5.75 Å². The normalized spacial score (nSPS) is 11.3. The van der Waals surface area contributed by atoms with Crippen molar-refractivity contribution in [3.05, 3.63) is 65.7 Å². The van der Waals surface area contributed by atoms with Crippen LogP contribution in [0.15, 0.2) is 54.6 Å². The topological polar surface area (TPSA) is 40.5 Å². The van der Waals surface area contributed by atoms with Crippen molar-refractivity contribution in [1.82, 2.24) is 0 Å². The van der Waals surface area contributed by atoms with Gasteiger partial charge in [0.2, 0.25) is 0 Å². The second kappa shape index (κ2) is 5.82. The number of benzene rings is 3. The lowest BCUT2D eigenvalue weighted by molar-refractivity contribution is 0.282. The zero-order chi connectivity index (χ0) is 15.7. The van der Waals surface area contributed by atoms with Gasteiger partial charge >= 0.3 is 0 Å². The monoisotopic (exact) mass is 292 g/mol. The number of hydrogen-bond donors (Lipinski definition) is 2. The summed E-state index contributed by atoms with van der Waals surface area (Å²) in [5.41, 5.74) is 3.46. The molecule has 0 aromatic heterocycles. The van der Waals surface area contributed by atoms with E-state index in [4.69, 9.17) is 0 Å². The summed E-state index contributed by atoms with van der Waals surface area (Å²) in [6.07, 6.45) is 0. The summed E-state index contributed by atoms with van der Waals surface area (Å²) < 4.78 is 0. The van der Waals surface area contributed by atoms with E-state index in [2.05, 4.69) is 13.8 Å². The number of aliphatic hydroxyl groups is 1. The Kier molecular flexibility index (Phi) is 3.86. The molecule has 0 aliphatic rings. The standard InChI is InChI=1S/C20H20O2/c1-13(2)16-8-5-9-18(20(16)22)19-15(12-21)11-10-14-6-3-4-7-17(14)19/h3-11,13,21-22H,12H2,1-2H3. The Labute approximate surface area is 130 Å². The van der Waals surface area contributed by atoms with Crippen LogP contribution >= 0.6 is 0 Å². The van der Waals surface area contributed by atoms with Crippen LogP contribution in [0, 0.1) is 0 Å². The van der Waals surface area contributed by atoms with Gasteiger partial charge < -0.3 is 10.2 Å². The second-order valence-corrected chi connectivity index (χ2v) is 5.88. The first-order valence-corrected chi connectivity index (χ1v) is 7.57. The third kappa shape index (κ3) is 2.36. The number of aliphatic hydroxyl groups excluding tert-OH is 1. The molecule has 0 saturated carbocycles. The minimum absolute atomic E-state index is 0.0501. The van der Waals surface area contributed by atoms with Gasteiger partial charge in [-0.1, -0.05) is 68.4 Å². The summed E-state index contributed by atoms with van der Waals surface area (Å²) in [7, 11) is 0. The number of phenolic OH excluding ortho intramolecular Hbond substituents is 1. The average Bonchev–Trinajstić information content (AvgIpc) is 2.54. The predicted molar refractivity (Wildman–Crippen MR) is 91.1 cm³/mol. The fourth-order valence-electron chi connectivity index (χ4n) is 3.00. The van der Waals surface area contributed by atoms with Crippen LogP contribution in [0.2, 0.25) is 0 Å². The molecule has 0 spiro atoms. The quantitative estimate of drug-likeness (QED) is 0.726. The van der Waals surface area contributed by atoms with E-state index >= 15 is 0 Å². The molecule has 0 aliphatic heterocycles. The van der Waals surface area contributed by atoms with E-state index in [1.807, 2.05) is 54.6 Å². The van der Waals surface area contributed by atoms with Gasteiger partial charge in [0.15, 0.2) is 0 Å². The van der Waals surface area contributed by atoms with Crippen LogP contribution in [0.25, 0.3) is 21.9 Å². The molecule has 3 aromatic rings. The minimum atomic E-state index is -0.0501. The molecule has 2 heteroatoms. The molecule has 0 unspecified atom stereocenters. The Morgan fingerprint density at radius 2 is 1.68 bits per heavy atom. The van der Waals surface area contributed by atoms with Crippen molar-refractivity contribution in [2.45, 2.75) is 26.4 Å². The molecule has 0 aliphatic carbocycles. The lowest BCUT2D eigenvalue weighted by atomic mass is 9.90. The first-order valence-electron chi connectivity index (χ1n) is 7.57. The number of fused-ring (bicyclic) bond motifs is 1. The van der Waals surface area contributed by atoms with E-state index in [1.54, 1.807) is 0 Å². The van der Waals surface area contributed by atoms with E-state index in [1.165, 1.54) is 0 Å². The smallest absolute Gasteiger partial charge is 0.126 e. The zero-order valence-corrected chi connectivity index (χ0v) is 12.9. The second-order valence-electron chi connectivity index (χ2n) is 5.88. The molecular weight excluding hydrogens is 272 g/mol. The van der Waals surface area contributed by atoms with Gasteiger partial charge in [-0.05, 0) is 33.4 Å². The maximum absolute atomic E-state index is 10.7. The van der Waals surface area contributed by atoms with E-state index in [9.17, 15) is 10.2 Å². The van der Waals surface area contributed by atoms with Crippen LogP contribution in [0.4, 0.5) is 0 Å². The highest BCUT2D eigenvalue weighted by atomic mass is 16.3. The first-order chi connectivity index (χ1) is 10.6. The van der Waals surface area contributed by atoms with E-state index < -0.39 is 0 Å². The number of phenols is 1. The molecule has 3 rings (SSSR count). The Balaban J connectivity index is 2.37. The summed E-state index contributed by atoms with van der Waals surface area (Å²) in [4.78, 5) is 0. The molecule has 0 atom stereocenters. The van der Waals surface area contributed by atoms with Crippen molar-refractivity contribution in [3.8, 4) is 16.9 Å². The highest BCUT2D eigenvalue weighted by Crippen LogP contribution is 2.40. The summed E-state index contributed by atoms with van der Waals surface area (Å²) >= 11 is 0. The van der Waals surface area contributed by atoms with Crippen LogP contribution in [0.5, 0.6) is 5.75 Å². The molecule has 0 saturated heterocycles. The van der Waals surface area contributed by atoms with Gasteiger partial charge in [-0.25, -0.2) is 0 Å². The molecule has 0 amide bonds. The molecule has 0 radical (unpaired) electrons. The molecule has 2 nitrogen and oxygen atoms in total. The molecule has 0 fully saturated rings. The van der Waals surface area contributed by atoms with Crippen LogP contribution in [-0.4, -0.2) is 10.2 Å². The molecule has 2 N–H and O–H groups in total. The van der Waals surface area contributed by atoms with E-state index in [-0.39, 0.29) is 12.5 Å². The highest BCUT2D eigenvalue weighted by Gasteiger charge is 2.16. The zero-order valence-electron chi connectivity index (χ0n) is 12.9. The summed E-state index contributed by atoms with van der Waals surface area (Å²) in [6.45, 7) is 4.08. The van der Waals surface area contributed by atoms with Crippen molar-refractivity contribution < 1.29 is 10.2 Å². The van der Waals surface area contributed by atoms with Crippen molar-refractivity contribution in [2.24, 2.45) is 0 Å². The number of hydrogen-bond acceptors (Lipinski definition) is 2. The largest absolute Gasteiger partial charge is 0.507 e. The SMILES string of the molecule is CC(C)c1cccc(-c2c(CO)ccc3ccccc23)c1O. The molecular formula is C20H20O2. The average molecular weight is 292 g/mol. The van der Waals surface area contributed by atoms with E-state index in [0.717, 1.165) is 33.0 Å². The molecule has 22 heavy (non-hydrogen) atoms.